The Labute approximate surface area is 123 Å². The van der Waals surface area contributed by atoms with Crippen LogP contribution in [0.5, 0.6) is 0 Å². The highest BCUT2D eigenvalue weighted by molar-refractivity contribution is 5.22. The van der Waals surface area contributed by atoms with E-state index >= 15 is 0 Å². The van der Waals surface area contributed by atoms with Gasteiger partial charge in [0.25, 0.3) is 0 Å². The molecule has 2 aromatic carbocycles. The number of rotatable bonds is 6. The Balaban J connectivity index is 2.04. The minimum absolute atomic E-state index is 0.160. The van der Waals surface area contributed by atoms with Gasteiger partial charge in [0, 0.05) is 23.7 Å². The number of halogens is 2. The molecule has 0 aliphatic heterocycles. The number of hydrogen-bond acceptors (Lipinski definition) is 2. The van der Waals surface area contributed by atoms with Crippen LogP contribution in [0.3, 0.4) is 0 Å². The number of benzene rings is 2. The predicted molar refractivity (Wildman–Crippen MR) is 78.8 cm³/mol. The van der Waals surface area contributed by atoms with Gasteiger partial charge in [0.1, 0.15) is 11.6 Å². The Morgan fingerprint density at radius 1 is 0.952 bits per heavy atom. The standard InChI is InChI=1S/C17H19F2NO/c1-2-16(12-7-3-5-9-14(12)18)20-11-17(21)13-8-4-6-10-15(13)19/h3-10,16-17,20-21H,2,11H2,1H3/t16-,17?/m1/s1. The van der Waals surface area contributed by atoms with Gasteiger partial charge >= 0.3 is 0 Å². The fourth-order valence-corrected chi connectivity index (χ4v) is 2.34. The van der Waals surface area contributed by atoms with E-state index < -0.39 is 11.9 Å². The highest BCUT2D eigenvalue weighted by Gasteiger charge is 2.17. The topological polar surface area (TPSA) is 32.3 Å². The van der Waals surface area contributed by atoms with Crippen LogP contribution in [-0.4, -0.2) is 11.7 Å². The average Bonchev–Trinajstić information content (AvgIpc) is 2.49. The molecule has 4 heteroatoms. The first-order valence-electron chi connectivity index (χ1n) is 7.03. The molecule has 112 valence electrons. The zero-order valence-electron chi connectivity index (χ0n) is 11.9. The highest BCUT2D eigenvalue weighted by atomic mass is 19.1. The monoisotopic (exact) mass is 291 g/mol. The number of hydrogen-bond donors (Lipinski definition) is 2. The molecule has 0 heterocycles. The van der Waals surface area contributed by atoms with E-state index in [2.05, 4.69) is 5.32 Å². The molecule has 2 atom stereocenters. The van der Waals surface area contributed by atoms with Crippen LogP contribution in [0, 0.1) is 11.6 Å². The van der Waals surface area contributed by atoms with Crippen LogP contribution >= 0.6 is 0 Å². The van der Waals surface area contributed by atoms with E-state index in [0.717, 1.165) is 0 Å². The van der Waals surface area contributed by atoms with E-state index in [0.29, 0.717) is 12.0 Å². The summed E-state index contributed by atoms with van der Waals surface area (Å²) in [7, 11) is 0. The Hall–Kier alpha value is -1.78. The number of nitrogens with one attached hydrogen (secondary N) is 1. The van der Waals surface area contributed by atoms with E-state index in [4.69, 9.17) is 0 Å². The molecule has 0 spiro atoms. The summed E-state index contributed by atoms with van der Waals surface area (Å²) in [5, 5.41) is 13.2. The van der Waals surface area contributed by atoms with Crippen LogP contribution < -0.4 is 5.32 Å². The molecule has 0 fully saturated rings. The van der Waals surface area contributed by atoms with E-state index in [1.54, 1.807) is 36.4 Å². The number of aliphatic hydroxyl groups excluding tert-OH is 1. The van der Waals surface area contributed by atoms with Crippen molar-refractivity contribution in [2.24, 2.45) is 0 Å². The van der Waals surface area contributed by atoms with Crippen LogP contribution in [0.4, 0.5) is 8.78 Å². The summed E-state index contributed by atoms with van der Waals surface area (Å²) in [6.07, 6.45) is -0.294. The summed E-state index contributed by atoms with van der Waals surface area (Å²) in [4.78, 5) is 0. The molecule has 0 saturated heterocycles. The summed E-state index contributed by atoms with van der Waals surface area (Å²) in [5.41, 5.74) is 0.800. The van der Waals surface area contributed by atoms with Gasteiger partial charge < -0.3 is 10.4 Å². The van der Waals surface area contributed by atoms with Gasteiger partial charge in [0.15, 0.2) is 0 Å². The van der Waals surface area contributed by atoms with Gasteiger partial charge in [0.2, 0.25) is 0 Å². The molecule has 1 unspecified atom stereocenters. The fraction of sp³-hybridized carbons (Fsp3) is 0.294. The lowest BCUT2D eigenvalue weighted by Crippen LogP contribution is -2.27. The lowest BCUT2D eigenvalue weighted by molar-refractivity contribution is 0.164. The summed E-state index contributed by atoms with van der Waals surface area (Å²) < 4.78 is 27.4. The molecule has 2 rings (SSSR count). The Morgan fingerprint density at radius 2 is 1.48 bits per heavy atom. The van der Waals surface area contributed by atoms with E-state index in [-0.39, 0.29) is 24.0 Å². The maximum Gasteiger partial charge on any atom is 0.129 e. The molecule has 0 aliphatic carbocycles. The molecule has 2 N–H and O–H groups in total. The van der Waals surface area contributed by atoms with Gasteiger partial charge in [-0.05, 0) is 18.6 Å². The average molecular weight is 291 g/mol. The van der Waals surface area contributed by atoms with Crippen molar-refractivity contribution in [1.29, 1.82) is 0 Å². The second kappa shape index (κ2) is 7.29. The minimum atomic E-state index is -0.966. The molecule has 0 bridgehead atoms. The second-order valence-corrected chi connectivity index (χ2v) is 4.93. The summed E-state index contributed by atoms with van der Waals surface area (Å²) >= 11 is 0. The van der Waals surface area contributed by atoms with E-state index in [1.807, 2.05) is 6.92 Å². The number of aliphatic hydroxyl groups is 1. The van der Waals surface area contributed by atoms with Crippen molar-refractivity contribution in [3.63, 3.8) is 0 Å². The first-order chi connectivity index (χ1) is 10.1. The summed E-state index contributed by atoms with van der Waals surface area (Å²) in [6.45, 7) is 2.09. The summed E-state index contributed by atoms with van der Waals surface area (Å²) in [5.74, 6) is -0.719. The largest absolute Gasteiger partial charge is 0.387 e. The Kier molecular flexibility index (Phi) is 5.42. The molecule has 21 heavy (non-hydrogen) atoms. The van der Waals surface area contributed by atoms with Gasteiger partial charge in [-0.25, -0.2) is 8.78 Å². The van der Waals surface area contributed by atoms with Crippen LogP contribution in [0.2, 0.25) is 0 Å². The lowest BCUT2D eigenvalue weighted by atomic mass is 10.0. The third-order valence-corrected chi connectivity index (χ3v) is 3.51. The zero-order valence-corrected chi connectivity index (χ0v) is 11.9. The molecular weight excluding hydrogens is 272 g/mol. The Morgan fingerprint density at radius 3 is 2.00 bits per heavy atom. The maximum atomic E-state index is 13.8. The quantitative estimate of drug-likeness (QED) is 0.850. The normalized spacial score (nSPS) is 13.9. The van der Waals surface area contributed by atoms with Crippen molar-refractivity contribution in [1.82, 2.24) is 5.32 Å². The first-order valence-corrected chi connectivity index (χ1v) is 7.03. The van der Waals surface area contributed by atoms with Gasteiger partial charge in [-0.1, -0.05) is 43.3 Å². The van der Waals surface area contributed by atoms with Crippen LogP contribution in [0.25, 0.3) is 0 Å². The van der Waals surface area contributed by atoms with Crippen molar-refractivity contribution in [2.45, 2.75) is 25.5 Å². The van der Waals surface area contributed by atoms with Crippen LogP contribution in [0.15, 0.2) is 48.5 Å². The molecular formula is C17H19F2NO. The molecule has 2 aromatic rings. The van der Waals surface area contributed by atoms with Gasteiger partial charge in [-0.3, -0.25) is 0 Å². The van der Waals surface area contributed by atoms with Crippen molar-refractivity contribution in [2.75, 3.05) is 6.54 Å². The van der Waals surface area contributed by atoms with Crippen molar-refractivity contribution in [3.8, 4) is 0 Å². The molecule has 0 saturated carbocycles. The van der Waals surface area contributed by atoms with Crippen molar-refractivity contribution < 1.29 is 13.9 Å². The third-order valence-electron chi connectivity index (χ3n) is 3.51. The zero-order chi connectivity index (χ0) is 15.2. The first kappa shape index (κ1) is 15.6. The van der Waals surface area contributed by atoms with Crippen molar-refractivity contribution in [3.05, 3.63) is 71.3 Å². The minimum Gasteiger partial charge on any atom is -0.387 e. The molecule has 2 nitrogen and oxygen atoms in total. The SMILES string of the molecule is CC[C@@H](NCC(O)c1ccccc1F)c1ccccc1F. The van der Waals surface area contributed by atoms with E-state index in [9.17, 15) is 13.9 Å². The molecule has 0 aromatic heterocycles. The van der Waals surface area contributed by atoms with Gasteiger partial charge in [-0.2, -0.15) is 0 Å². The van der Waals surface area contributed by atoms with Gasteiger partial charge in [-0.15, -0.1) is 0 Å². The molecule has 0 aliphatic rings. The highest BCUT2D eigenvalue weighted by Crippen LogP contribution is 2.22. The lowest BCUT2D eigenvalue weighted by Gasteiger charge is -2.20. The third kappa shape index (κ3) is 3.86. The molecule has 0 radical (unpaired) electrons. The smallest absolute Gasteiger partial charge is 0.129 e. The van der Waals surface area contributed by atoms with Gasteiger partial charge in [0.05, 0.1) is 6.10 Å². The fourth-order valence-electron chi connectivity index (χ4n) is 2.34. The molecule has 0 amide bonds. The predicted octanol–water partition coefficient (Wildman–Crippen LogP) is 3.74. The maximum absolute atomic E-state index is 13.8. The summed E-state index contributed by atoms with van der Waals surface area (Å²) in [6, 6.07) is 12.4. The second-order valence-electron chi connectivity index (χ2n) is 4.93. The van der Waals surface area contributed by atoms with E-state index in [1.165, 1.54) is 12.1 Å². The van der Waals surface area contributed by atoms with Crippen LogP contribution in [0.1, 0.15) is 36.6 Å². The van der Waals surface area contributed by atoms with Crippen molar-refractivity contribution >= 4 is 0 Å². The Bertz CT molecular complexity index is 589. The van der Waals surface area contributed by atoms with Crippen LogP contribution in [-0.2, 0) is 0 Å².